The quantitative estimate of drug-likeness (QED) is 0.832. The summed E-state index contributed by atoms with van der Waals surface area (Å²) in [7, 11) is 0. The summed E-state index contributed by atoms with van der Waals surface area (Å²) in [6.07, 6.45) is -4.40. The zero-order chi connectivity index (χ0) is 16.7. The van der Waals surface area contributed by atoms with Gasteiger partial charge in [0.15, 0.2) is 0 Å². The Hall–Kier alpha value is -1.80. The van der Waals surface area contributed by atoms with Crippen molar-refractivity contribution in [1.29, 1.82) is 0 Å². The average molecular weight is 331 g/mol. The lowest BCUT2D eigenvalue weighted by Gasteiger charge is -2.27. The largest absolute Gasteiger partial charge is 0.405 e. The summed E-state index contributed by atoms with van der Waals surface area (Å²) in [5.41, 5.74) is 1.75. The van der Waals surface area contributed by atoms with Crippen LogP contribution in [0.4, 0.5) is 18.9 Å². The van der Waals surface area contributed by atoms with Crippen LogP contribution in [0, 0.1) is 0 Å². The number of anilines is 1. The number of hydrogen-bond donors (Lipinski definition) is 2. The second-order valence-electron chi connectivity index (χ2n) is 5.29. The molecule has 5 nitrogen and oxygen atoms in total. The van der Waals surface area contributed by atoms with Gasteiger partial charge in [-0.3, -0.25) is 9.69 Å². The fourth-order valence-corrected chi connectivity index (χ4v) is 2.27. The predicted molar refractivity (Wildman–Crippen MR) is 80.1 cm³/mol. The Bertz CT molecular complexity index is 517. The molecule has 128 valence electrons. The van der Waals surface area contributed by atoms with Gasteiger partial charge < -0.3 is 15.4 Å². The smallest absolute Gasteiger partial charge is 0.379 e. The predicted octanol–water partition coefficient (Wildman–Crippen LogP) is 1.61. The van der Waals surface area contributed by atoms with E-state index in [9.17, 15) is 18.0 Å². The summed E-state index contributed by atoms with van der Waals surface area (Å²) in [5, 5.41) is 4.74. The van der Waals surface area contributed by atoms with E-state index in [1.807, 2.05) is 29.6 Å². The molecule has 1 saturated heterocycles. The molecule has 1 heterocycles. The molecular weight excluding hydrogens is 311 g/mol. The highest BCUT2D eigenvalue weighted by Crippen LogP contribution is 2.18. The first-order valence-electron chi connectivity index (χ1n) is 7.39. The third-order valence-electron chi connectivity index (χ3n) is 3.44. The van der Waals surface area contributed by atoms with Gasteiger partial charge in [0.1, 0.15) is 6.54 Å². The monoisotopic (exact) mass is 331 g/mol. The van der Waals surface area contributed by atoms with Crippen molar-refractivity contribution in [2.45, 2.75) is 12.7 Å². The molecule has 1 aliphatic rings. The van der Waals surface area contributed by atoms with Crippen LogP contribution in [0.1, 0.15) is 5.56 Å². The van der Waals surface area contributed by atoms with Crippen LogP contribution in [-0.2, 0) is 16.1 Å². The van der Waals surface area contributed by atoms with E-state index in [2.05, 4.69) is 10.2 Å². The van der Waals surface area contributed by atoms with E-state index in [-0.39, 0.29) is 6.54 Å². The van der Waals surface area contributed by atoms with Crippen LogP contribution in [0.3, 0.4) is 0 Å². The molecular formula is C15H20F3N3O2. The minimum Gasteiger partial charge on any atom is -0.379 e. The topological polar surface area (TPSA) is 53.6 Å². The van der Waals surface area contributed by atoms with Gasteiger partial charge in [0.2, 0.25) is 5.91 Å². The third-order valence-corrected chi connectivity index (χ3v) is 3.44. The highest BCUT2D eigenvalue weighted by molar-refractivity contribution is 5.81. The molecule has 0 bridgehead atoms. The Balaban J connectivity index is 1.86. The van der Waals surface area contributed by atoms with E-state index >= 15 is 0 Å². The summed E-state index contributed by atoms with van der Waals surface area (Å²) in [5.74, 6) is -0.691. The number of alkyl halides is 3. The van der Waals surface area contributed by atoms with Crippen molar-refractivity contribution in [3.63, 3.8) is 0 Å². The molecule has 0 aliphatic carbocycles. The Morgan fingerprint density at radius 3 is 2.61 bits per heavy atom. The van der Waals surface area contributed by atoms with Crippen molar-refractivity contribution in [2.75, 3.05) is 44.7 Å². The highest BCUT2D eigenvalue weighted by Gasteiger charge is 2.27. The van der Waals surface area contributed by atoms with Gasteiger partial charge in [-0.2, -0.15) is 13.2 Å². The Labute approximate surface area is 132 Å². The molecule has 0 unspecified atom stereocenters. The lowest BCUT2D eigenvalue weighted by molar-refractivity contribution is -0.137. The number of amides is 1. The number of morpholine rings is 1. The van der Waals surface area contributed by atoms with Crippen molar-refractivity contribution in [1.82, 2.24) is 10.2 Å². The molecule has 0 atom stereocenters. The molecule has 2 rings (SSSR count). The number of benzene rings is 1. The number of rotatable bonds is 6. The Morgan fingerprint density at radius 2 is 1.91 bits per heavy atom. The first-order chi connectivity index (χ1) is 10.9. The number of nitrogens with zero attached hydrogens (tertiary/aromatic N) is 1. The summed E-state index contributed by atoms with van der Waals surface area (Å²) in [6.45, 7) is 2.24. The Morgan fingerprint density at radius 1 is 1.22 bits per heavy atom. The van der Waals surface area contributed by atoms with E-state index in [4.69, 9.17) is 4.74 Å². The van der Waals surface area contributed by atoms with Gasteiger partial charge in [-0.1, -0.05) is 18.2 Å². The zero-order valence-corrected chi connectivity index (χ0v) is 12.7. The number of hydrogen-bond acceptors (Lipinski definition) is 4. The summed E-state index contributed by atoms with van der Waals surface area (Å²) in [4.78, 5) is 13.7. The van der Waals surface area contributed by atoms with Crippen LogP contribution >= 0.6 is 0 Å². The van der Waals surface area contributed by atoms with Crippen molar-refractivity contribution in [2.24, 2.45) is 0 Å². The highest BCUT2D eigenvalue weighted by atomic mass is 19.4. The minimum absolute atomic E-state index is 0.198. The fraction of sp³-hybridized carbons (Fsp3) is 0.533. The molecule has 1 aliphatic heterocycles. The van der Waals surface area contributed by atoms with E-state index < -0.39 is 18.6 Å². The summed E-state index contributed by atoms with van der Waals surface area (Å²) in [6, 6.07) is 7.46. The summed E-state index contributed by atoms with van der Waals surface area (Å²) < 4.78 is 41.5. The molecule has 0 spiro atoms. The van der Waals surface area contributed by atoms with Crippen molar-refractivity contribution >= 4 is 11.6 Å². The molecule has 1 fully saturated rings. The number of nitrogens with one attached hydrogen (secondary N) is 2. The second-order valence-corrected chi connectivity index (χ2v) is 5.29. The Kier molecular flexibility index (Phi) is 6.23. The molecule has 1 aromatic rings. The maximum absolute atomic E-state index is 12.1. The van der Waals surface area contributed by atoms with Crippen molar-refractivity contribution in [3.05, 3.63) is 29.8 Å². The molecule has 0 radical (unpaired) electrons. The number of carbonyl (C=O) groups excluding carboxylic acids is 1. The van der Waals surface area contributed by atoms with E-state index in [1.54, 1.807) is 0 Å². The zero-order valence-electron chi connectivity index (χ0n) is 12.7. The number of halogens is 3. The standard InChI is InChI=1S/C15H20F3N3O2/c16-15(17,18)11-20-14(22)9-19-13-4-2-1-3-12(13)10-21-5-7-23-8-6-21/h1-4,19H,5-11H2,(H,20,22). The van der Waals surface area contributed by atoms with Gasteiger partial charge in [0.05, 0.1) is 19.8 Å². The molecule has 8 heteroatoms. The van der Waals surface area contributed by atoms with Gasteiger partial charge in [-0.25, -0.2) is 0 Å². The molecule has 0 aromatic heterocycles. The molecule has 1 amide bonds. The van der Waals surface area contributed by atoms with Crippen LogP contribution in [-0.4, -0.2) is 56.4 Å². The average Bonchev–Trinajstić information content (AvgIpc) is 2.52. The van der Waals surface area contributed by atoms with Crippen LogP contribution in [0.5, 0.6) is 0 Å². The van der Waals surface area contributed by atoms with Gasteiger partial charge in [0, 0.05) is 25.3 Å². The second kappa shape index (κ2) is 8.16. The van der Waals surface area contributed by atoms with Crippen LogP contribution in [0.15, 0.2) is 24.3 Å². The van der Waals surface area contributed by atoms with Crippen molar-refractivity contribution < 1.29 is 22.7 Å². The van der Waals surface area contributed by atoms with Gasteiger partial charge in [-0.05, 0) is 11.6 Å². The molecule has 0 saturated carbocycles. The first kappa shape index (κ1) is 17.6. The van der Waals surface area contributed by atoms with Gasteiger partial charge in [-0.15, -0.1) is 0 Å². The van der Waals surface area contributed by atoms with Gasteiger partial charge in [0.25, 0.3) is 0 Å². The lowest BCUT2D eigenvalue weighted by atomic mass is 10.1. The SMILES string of the molecule is O=C(CNc1ccccc1CN1CCOCC1)NCC(F)(F)F. The van der Waals surface area contributed by atoms with Crippen LogP contribution < -0.4 is 10.6 Å². The van der Waals surface area contributed by atoms with Gasteiger partial charge >= 0.3 is 6.18 Å². The number of para-hydroxylation sites is 1. The molecule has 2 N–H and O–H groups in total. The lowest BCUT2D eigenvalue weighted by Crippen LogP contribution is -2.37. The fourth-order valence-electron chi connectivity index (χ4n) is 2.27. The number of ether oxygens (including phenoxy) is 1. The van der Waals surface area contributed by atoms with E-state index in [0.29, 0.717) is 19.8 Å². The summed E-state index contributed by atoms with van der Waals surface area (Å²) >= 11 is 0. The van der Waals surface area contributed by atoms with E-state index in [0.717, 1.165) is 24.3 Å². The number of carbonyl (C=O) groups is 1. The van der Waals surface area contributed by atoms with Crippen LogP contribution in [0.25, 0.3) is 0 Å². The minimum atomic E-state index is -4.40. The van der Waals surface area contributed by atoms with Crippen LogP contribution in [0.2, 0.25) is 0 Å². The third kappa shape index (κ3) is 6.45. The maximum atomic E-state index is 12.1. The van der Waals surface area contributed by atoms with Crippen molar-refractivity contribution in [3.8, 4) is 0 Å². The molecule has 1 aromatic carbocycles. The first-order valence-corrected chi connectivity index (χ1v) is 7.39. The van der Waals surface area contributed by atoms with E-state index in [1.165, 1.54) is 0 Å². The molecule has 23 heavy (non-hydrogen) atoms. The maximum Gasteiger partial charge on any atom is 0.405 e. The normalized spacial score (nSPS) is 16.1.